The van der Waals surface area contributed by atoms with E-state index in [2.05, 4.69) is 19.2 Å². The predicted octanol–water partition coefficient (Wildman–Crippen LogP) is 0.759. The van der Waals surface area contributed by atoms with Gasteiger partial charge >= 0.3 is 0 Å². The van der Waals surface area contributed by atoms with E-state index in [1.807, 2.05) is 6.92 Å². The molecule has 0 bridgehead atoms. The van der Waals surface area contributed by atoms with Crippen LogP contribution in [0.5, 0.6) is 0 Å². The maximum atomic E-state index is 11.6. The molecule has 2 unspecified atom stereocenters. The Kier molecular flexibility index (Phi) is 7.34. The minimum Gasteiger partial charge on any atom is -0.384 e. The summed E-state index contributed by atoms with van der Waals surface area (Å²) in [5, 5.41) is 2.94. The van der Waals surface area contributed by atoms with Crippen molar-refractivity contribution in [3.63, 3.8) is 0 Å². The molecule has 4 nitrogen and oxygen atoms in total. The Hall–Kier alpha value is -0.610. The Morgan fingerprint density at radius 2 is 2.00 bits per heavy atom. The topological polar surface area (TPSA) is 64.3 Å². The first-order chi connectivity index (χ1) is 7.01. The molecular weight excluding hydrogens is 192 g/mol. The van der Waals surface area contributed by atoms with Gasteiger partial charge in [0.25, 0.3) is 0 Å². The van der Waals surface area contributed by atoms with Crippen LogP contribution in [-0.2, 0) is 9.53 Å². The van der Waals surface area contributed by atoms with Crippen LogP contribution in [0, 0.1) is 11.8 Å². The number of methoxy groups -OCH3 is 1. The van der Waals surface area contributed by atoms with E-state index in [0.29, 0.717) is 19.1 Å². The fourth-order valence-electron chi connectivity index (χ4n) is 1.45. The average molecular weight is 216 g/mol. The lowest BCUT2D eigenvalue weighted by Crippen LogP contribution is -2.44. The van der Waals surface area contributed by atoms with E-state index in [4.69, 9.17) is 10.5 Å². The minimum atomic E-state index is -0.115. The lowest BCUT2D eigenvalue weighted by Gasteiger charge is -2.20. The third kappa shape index (κ3) is 6.47. The molecule has 15 heavy (non-hydrogen) atoms. The van der Waals surface area contributed by atoms with Crippen molar-refractivity contribution in [3.8, 4) is 0 Å². The fourth-order valence-corrected chi connectivity index (χ4v) is 1.45. The first-order valence-corrected chi connectivity index (χ1v) is 5.50. The summed E-state index contributed by atoms with van der Waals surface area (Å²) in [6, 6.07) is 0.0804. The Bertz CT molecular complexity index is 183. The molecule has 0 aromatic heterocycles. The van der Waals surface area contributed by atoms with Gasteiger partial charge < -0.3 is 15.8 Å². The maximum absolute atomic E-state index is 11.6. The largest absolute Gasteiger partial charge is 0.384 e. The third-order valence-electron chi connectivity index (χ3n) is 2.25. The zero-order valence-electron chi connectivity index (χ0n) is 10.2. The lowest BCUT2D eigenvalue weighted by molar-refractivity contribution is -0.126. The van der Waals surface area contributed by atoms with Crippen molar-refractivity contribution in [2.75, 3.05) is 20.3 Å². The zero-order chi connectivity index (χ0) is 11.8. The lowest BCUT2D eigenvalue weighted by atomic mass is 10.0. The van der Waals surface area contributed by atoms with Gasteiger partial charge in [0.2, 0.25) is 5.91 Å². The second-order valence-corrected chi connectivity index (χ2v) is 4.43. The summed E-state index contributed by atoms with van der Waals surface area (Å²) < 4.78 is 4.93. The van der Waals surface area contributed by atoms with Crippen LogP contribution in [-0.4, -0.2) is 32.2 Å². The molecule has 0 aliphatic heterocycles. The van der Waals surface area contributed by atoms with E-state index < -0.39 is 0 Å². The SMILES string of the molecule is COCC(C)C(=O)NC(CN)CC(C)C. The molecule has 0 spiro atoms. The number of hydrogen-bond donors (Lipinski definition) is 2. The predicted molar refractivity (Wildman–Crippen MR) is 61.5 cm³/mol. The summed E-state index contributed by atoms with van der Waals surface area (Å²) in [5.74, 6) is 0.445. The first kappa shape index (κ1) is 14.4. The van der Waals surface area contributed by atoms with E-state index in [9.17, 15) is 4.79 Å². The third-order valence-corrected chi connectivity index (χ3v) is 2.25. The number of carbonyl (C=O) groups is 1. The molecule has 0 aliphatic rings. The summed E-state index contributed by atoms with van der Waals surface area (Å²) >= 11 is 0. The Morgan fingerprint density at radius 3 is 2.40 bits per heavy atom. The molecule has 90 valence electrons. The highest BCUT2D eigenvalue weighted by Gasteiger charge is 2.17. The summed E-state index contributed by atoms with van der Waals surface area (Å²) in [6.07, 6.45) is 0.919. The monoisotopic (exact) mass is 216 g/mol. The van der Waals surface area contributed by atoms with Crippen molar-refractivity contribution >= 4 is 5.91 Å². The molecule has 1 amide bonds. The summed E-state index contributed by atoms with van der Waals surface area (Å²) in [6.45, 7) is 7.02. The summed E-state index contributed by atoms with van der Waals surface area (Å²) in [7, 11) is 1.60. The van der Waals surface area contributed by atoms with Gasteiger partial charge in [0.1, 0.15) is 0 Å². The number of amides is 1. The molecule has 3 N–H and O–H groups in total. The van der Waals surface area contributed by atoms with Crippen LogP contribution in [0.2, 0.25) is 0 Å². The summed E-state index contributed by atoms with van der Waals surface area (Å²) in [5.41, 5.74) is 5.60. The molecule has 0 aromatic carbocycles. The van der Waals surface area contributed by atoms with Gasteiger partial charge in [-0.25, -0.2) is 0 Å². The van der Waals surface area contributed by atoms with Crippen molar-refractivity contribution in [2.45, 2.75) is 33.2 Å². The first-order valence-electron chi connectivity index (χ1n) is 5.50. The second kappa shape index (κ2) is 7.65. The van der Waals surface area contributed by atoms with Crippen LogP contribution in [0.4, 0.5) is 0 Å². The summed E-state index contributed by atoms with van der Waals surface area (Å²) in [4.78, 5) is 11.6. The van der Waals surface area contributed by atoms with E-state index in [-0.39, 0.29) is 17.9 Å². The second-order valence-electron chi connectivity index (χ2n) is 4.43. The Labute approximate surface area is 92.6 Å². The van der Waals surface area contributed by atoms with E-state index >= 15 is 0 Å². The van der Waals surface area contributed by atoms with Crippen LogP contribution in [0.3, 0.4) is 0 Å². The quantitative estimate of drug-likeness (QED) is 0.660. The molecule has 2 atom stereocenters. The Morgan fingerprint density at radius 1 is 1.40 bits per heavy atom. The molecule has 0 aliphatic carbocycles. The number of nitrogens with two attached hydrogens (primary N) is 1. The highest BCUT2D eigenvalue weighted by atomic mass is 16.5. The average Bonchev–Trinajstić information content (AvgIpc) is 2.16. The number of hydrogen-bond acceptors (Lipinski definition) is 3. The van der Waals surface area contributed by atoms with Gasteiger partial charge in [0, 0.05) is 19.7 Å². The number of rotatable bonds is 7. The number of carbonyl (C=O) groups excluding carboxylic acids is 1. The van der Waals surface area contributed by atoms with Crippen LogP contribution in [0.25, 0.3) is 0 Å². The van der Waals surface area contributed by atoms with Crippen LogP contribution >= 0.6 is 0 Å². The van der Waals surface area contributed by atoms with Crippen LogP contribution in [0.15, 0.2) is 0 Å². The highest BCUT2D eigenvalue weighted by molar-refractivity contribution is 5.78. The molecule has 0 heterocycles. The molecule has 4 heteroatoms. The van der Waals surface area contributed by atoms with Gasteiger partial charge in [-0.15, -0.1) is 0 Å². The molecule has 0 radical (unpaired) electrons. The number of ether oxygens (including phenoxy) is 1. The molecule has 0 aromatic rings. The zero-order valence-corrected chi connectivity index (χ0v) is 10.2. The van der Waals surface area contributed by atoms with Gasteiger partial charge in [-0.2, -0.15) is 0 Å². The number of nitrogens with one attached hydrogen (secondary N) is 1. The van der Waals surface area contributed by atoms with Crippen LogP contribution < -0.4 is 11.1 Å². The molecule has 0 rings (SSSR count). The van der Waals surface area contributed by atoms with Gasteiger partial charge in [0.15, 0.2) is 0 Å². The Balaban J connectivity index is 4.00. The van der Waals surface area contributed by atoms with Crippen molar-refractivity contribution in [2.24, 2.45) is 17.6 Å². The van der Waals surface area contributed by atoms with Crippen LogP contribution in [0.1, 0.15) is 27.2 Å². The van der Waals surface area contributed by atoms with E-state index in [1.54, 1.807) is 7.11 Å². The minimum absolute atomic E-state index is 0.0213. The van der Waals surface area contributed by atoms with Gasteiger partial charge in [-0.3, -0.25) is 4.79 Å². The molecule has 0 saturated carbocycles. The van der Waals surface area contributed by atoms with Crippen molar-refractivity contribution in [1.82, 2.24) is 5.32 Å². The van der Waals surface area contributed by atoms with E-state index in [1.165, 1.54) is 0 Å². The van der Waals surface area contributed by atoms with Crippen molar-refractivity contribution in [1.29, 1.82) is 0 Å². The molecule has 0 saturated heterocycles. The van der Waals surface area contributed by atoms with Crippen molar-refractivity contribution < 1.29 is 9.53 Å². The highest BCUT2D eigenvalue weighted by Crippen LogP contribution is 2.05. The van der Waals surface area contributed by atoms with Gasteiger partial charge in [-0.1, -0.05) is 20.8 Å². The van der Waals surface area contributed by atoms with Crippen molar-refractivity contribution in [3.05, 3.63) is 0 Å². The van der Waals surface area contributed by atoms with Gasteiger partial charge in [-0.05, 0) is 12.3 Å². The smallest absolute Gasteiger partial charge is 0.225 e. The van der Waals surface area contributed by atoms with E-state index in [0.717, 1.165) is 6.42 Å². The molecular formula is C11H24N2O2. The molecule has 0 fully saturated rings. The maximum Gasteiger partial charge on any atom is 0.225 e. The normalized spacial score (nSPS) is 15.1. The van der Waals surface area contributed by atoms with Gasteiger partial charge in [0.05, 0.1) is 12.5 Å². The standard InChI is InChI=1S/C11H24N2O2/c1-8(2)5-10(6-12)13-11(14)9(3)7-15-4/h8-10H,5-7,12H2,1-4H3,(H,13,14). The fraction of sp³-hybridized carbons (Fsp3) is 0.909.